The van der Waals surface area contributed by atoms with Crippen molar-refractivity contribution in [1.29, 1.82) is 0 Å². The van der Waals surface area contributed by atoms with E-state index in [2.05, 4.69) is 0 Å². The predicted octanol–water partition coefficient (Wildman–Crippen LogP) is 2.24. The molecule has 0 radical (unpaired) electrons. The first-order chi connectivity index (χ1) is 7.91. The molecule has 0 aromatic heterocycles. The fraction of sp³-hybridized carbons (Fsp3) is 0.200. The summed E-state index contributed by atoms with van der Waals surface area (Å²) in [6, 6.07) is 2.31. The number of hydrogen-bond donors (Lipinski definition) is 2. The molecule has 7 heteroatoms. The van der Waals surface area contributed by atoms with Gasteiger partial charge in [0, 0.05) is 0 Å². The number of anilines is 1. The first-order valence-electron chi connectivity index (χ1n) is 4.61. The molecule has 92 valence electrons. The monoisotopic (exact) mass is 262 g/mol. The quantitative estimate of drug-likeness (QED) is 0.803. The van der Waals surface area contributed by atoms with E-state index in [4.69, 9.17) is 11.6 Å². The van der Waals surface area contributed by atoms with Crippen molar-refractivity contribution in [2.75, 3.05) is 5.32 Å². The number of alkyl halides is 1. The highest BCUT2D eigenvalue weighted by Crippen LogP contribution is 2.16. The molecular formula is C10H9ClF2N2O2. The Labute approximate surface area is 101 Å². The molecular weight excluding hydrogens is 254 g/mol. The Morgan fingerprint density at radius 2 is 2.00 bits per heavy atom. The zero-order valence-electron chi connectivity index (χ0n) is 8.76. The molecule has 0 saturated carbocycles. The van der Waals surface area contributed by atoms with Crippen LogP contribution >= 0.6 is 11.6 Å². The van der Waals surface area contributed by atoms with Crippen LogP contribution in [-0.2, 0) is 4.79 Å². The minimum Gasteiger partial charge on any atom is -0.305 e. The molecule has 0 bridgehead atoms. The number of nitrogens with one attached hydrogen (secondary N) is 2. The summed E-state index contributed by atoms with van der Waals surface area (Å²) >= 11 is 5.41. The summed E-state index contributed by atoms with van der Waals surface area (Å²) in [5.74, 6) is -3.03. The highest BCUT2D eigenvalue weighted by atomic mass is 35.5. The summed E-state index contributed by atoms with van der Waals surface area (Å²) in [5, 5.41) is 2.95. The minimum atomic E-state index is -1.20. The molecule has 1 aromatic carbocycles. The highest BCUT2D eigenvalue weighted by molar-refractivity contribution is 6.31. The lowest BCUT2D eigenvalue weighted by molar-refractivity contribution is -0.119. The predicted molar refractivity (Wildman–Crippen MR) is 58.8 cm³/mol. The Morgan fingerprint density at radius 3 is 2.59 bits per heavy atom. The van der Waals surface area contributed by atoms with E-state index in [0.717, 1.165) is 12.1 Å². The number of rotatable bonds is 2. The highest BCUT2D eigenvalue weighted by Gasteiger charge is 2.15. The fourth-order valence-corrected chi connectivity index (χ4v) is 1.02. The number of halogens is 3. The van der Waals surface area contributed by atoms with E-state index in [1.54, 1.807) is 0 Å². The van der Waals surface area contributed by atoms with Crippen LogP contribution in [0.3, 0.4) is 0 Å². The van der Waals surface area contributed by atoms with Gasteiger partial charge in [-0.25, -0.2) is 13.6 Å². The van der Waals surface area contributed by atoms with Gasteiger partial charge in [-0.05, 0) is 19.1 Å². The average molecular weight is 263 g/mol. The van der Waals surface area contributed by atoms with Crippen molar-refractivity contribution >= 4 is 29.2 Å². The first-order valence-corrected chi connectivity index (χ1v) is 5.05. The number of imide groups is 1. The minimum absolute atomic E-state index is 0.363. The lowest BCUT2D eigenvalue weighted by Crippen LogP contribution is -2.38. The third-order valence-electron chi connectivity index (χ3n) is 1.80. The number of carbonyl (C=O) groups excluding carboxylic acids is 2. The van der Waals surface area contributed by atoms with Gasteiger partial charge in [0.2, 0.25) is 5.91 Å². The van der Waals surface area contributed by atoms with Gasteiger partial charge in [-0.3, -0.25) is 10.1 Å². The lowest BCUT2D eigenvalue weighted by atomic mass is 10.3. The molecule has 0 aliphatic rings. The van der Waals surface area contributed by atoms with Crippen molar-refractivity contribution in [3.05, 3.63) is 29.8 Å². The molecule has 1 rings (SSSR count). The van der Waals surface area contributed by atoms with E-state index in [1.165, 1.54) is 13.0 Å². The van der Waals surface area contributed by atoms with Crippen molar-refractivity contribution in [1.82, 2.24) is 5.32 Å². The molecule has 0 heterocycles. The van der Waals surface area contributed by atoms with Gasteiger partial charge in [0.15, 0.2) is 11.6 Å². The van der Waals surface area contributed by atoms with E-state index in [0.29, 0.717) is 0 Å². The molecule has 4 nitrogen and oxygen atoms in total. The summed E-state index contributed by atoms with van der Waals surface area (Å²) in [6.45, 7) is 1.37. The largest absolute Gasteiger partial charge is 0.326 e. The molecule has 1 atom stereocenters. The molecule has 0 aliphatic heterocycles. The van der Waals surface area contributed by atoms with E-state index in [9.17, 15) is 18.4 Å². The maximum atomic E-state index is 13.1. The van der Waals surface area contributed by atoms with Gasteiger partial charge in [-0.2, -0.15) is 0 Å². The van der Waals surface area contributed by atoms with E-state index in [1.807, 2.05) is 10.6 Å². The molecule has 2 N–H and O–H groups in total. The van der Waals surface area contributed by atoms with Gasteiger partial charge < -0.3 is 5.32 Å². The molecule has 1 unspecified atom stereocenters. The Bertz CT molecular complexity index is 452. The smallest absolute Gasteiger partial charge is 0.305 e. The van der Waals surface area contributed by atoms with Crippen molar-refractivity contribution in [3.8, 4) is 0 Å². The second-order valence-electron chi connectivity index (χ2n) is 3.16. The number of amides is 3. The van der Waals surface area contributed by atoms with E-state index in [-0.39, 0.29) is 5.69 Å². The maximum Gasteiger partial charge on any atom is 0.326 e. The third-order valence-corrected chi connectivity index (χ3v) is 2.00. The summed E-state index contributed by atoms with van der Waals surface area (Å²) in [7, 11) is 0. The normalized spacial score (nSPS) is 11.8. The molecule has 0 saturated heterocycles. The summed E-state index contributed by atoms with van der Waals surface area (Å²) in [5.41, 5.74) is -0.363. The van der Waals surface area contributed by atoms with Gasteiger partial charge in [0.25, 0.3) is 0 Å². The number of benzene rings is 1. The zero-order valence-corrected chi connectivity index (χ0v) is 9.52. The lowest BCUT2D eigenvalue weighted by Gasteiger charge is -2.08. The average Bonchev–Trinajstić information content (AvgIpc) is 2.24. The fourth-order valence-electron chi connectivity index (χ4n) is 0.965. The van der Waals surface area contributed by atoms with Crippen LogP contribution in [0.1, 0.15) is 6.92 Å². The second-order valence-corrected chi connectivity index (χ2v) is 3.82. The van der Waals surface area contributed by atoms with Gasteiger partial charge in [-0.1, -0.05) is 6.07 Å². The SMILES string of the molecule is CC(Cl)C(=O)NC(=O)Nc1cccc(F)c1F. The topological polar surface area (TPSA) is 58.2 Å². The first kappa shape index (κ1) is 13.4. The Morgan fingerprint density at radius 1 is 1.35 bits per heavy atom. The van der Waals surface area contributed by atoms with Crippen LogP contribution in [-0.4, -0.2) is 17.3 Å². The number of carbonyl (C=O) groups is 2. The zero-order chi connectivity index (χ0) is 13.0. The number of hydrogen-bond acceptors (Lipinski definition) is 2. The standard InChI is InChI=1S/C10H9ClF2N2O2/c1-5(11)9(16)15-10(17)14-7-4-2-3-6(12)8(7)13/h2-5H,1H3,(H2,14,15,16,17). The number of urea groups is 1. The third kappa shape index (κ3) is 3.67. The van der Waals surface area contributed by atoms with Crippen LogP contribution in [0.5, 0.6) is 0 Å². The summed E-state index contributed by atoms with van der Waals surface area (Å²) in [4.78, 5) is 22.2. The molecule has 0 aliphatic carbocycles. The van der Waals surface area contributed by atoms with Crippen molar-refractivity contribution in [2.45, 2.75) is 12.3 Å². The van der Waals surface area contributed by atoms with Gasteiger partial charge >= 0.3 is 6.03 Å². The molecule has 1 aromatic rings. The molecule has 17 heavy (non-hydrogen) atoms. The van der Waals surface area contributed by atoms with Crippen molar-refractivity contribution < 1.29 is 18.4 Å². The Kier molecular flexibility index (Phi) is 4.39. The van der Waals surface area contributed by atoms with Crippen LogP contribution < -0.4 is 10.6 Å². The Hall–Kier alpha value is -1.69. The van der Waals surface area contributed by atoms with Crippen LogP contribution in [0.4, 0.5) is 19.3 Å². The molecule has 0 fully saturated rings. The molecule has 3 amide bonds. The summed E-state index contributed by atoms with van der Waals surface area (Å²) in [6.07, 6.45) is 0. The Balaban J connectivity index is 2.69. The van der Waals surface area contributed by atoms with Crippen LogP contribution in [0, 0.1) is 11.6 Å². The van der Waals surface area contributed by atoms with Gasteiger partial charge in [0.1, 0.15) is 5.38 Å². The van der Waals surface area contributed by atoms with E-state index >= 15 is 0 Å². The van der Waals surface area contributed by atoms with Crippen LogP contribution in [0.25, 0.3) is 0 Å². The van der Waals surface area contributed by atoms with Gasteiger partial charge in [0.05, 0.1) is 5.69 Å². The van der Waals surface area contributed by atoms with E-state index < -0.39 is 28.9 Å². The second kappa shape index (κ2) is 5.58. The van der Waals surface area contributed by atoms with Crippen LogP contribution in [0.2, 0.25) is 0 Å². The maximum absolute atomic E-state index is 13.1. The van der Waals surface area contributed by atoms with Gasteiger partial charge in [-0.15, -0.1) is 11.6 Å². The molecule has 0 spiro atoms. The van der Waals surface area contributed by atoms with Crippen LogP contribution in [0.15, 0.2) is 18.2 Å². The summed E-state index contributed by atoms with van der Waals surface area (Å²) < 4.78 is 25.9. The van der Waals surface area contributed by atoms with Crippen molar-refractivity contribution in [3.63, 3.8) is 0 Å². The van der Waals surface area contributed by atoms with Crippen molar-refractivity contribution in [2.24, 2.45) is 0 Å².